The molecule has 2 aromatic heterocycles. The number of nitrogens with zero attached hydrogens (tertiary/aromatic N) is 6. The van der Waals surface area contributed by atoms with Crippen molar-refractivity contribution in [2.24, 2.45) is 0 Å². The first-order valence-corrected chi connectivity index (χ1v) is 13.6. The molecule has 1 aromatic carbocycles. The third-order valence-corrected chi connectivity index (χ3v) is 7.92. The van der Waals surface area contributed by atoms with Gasteiger partial charge in [0.05, 0.1) is 32.2 Å². The average Bonchev–Trinajstić information content (AvgIpc) is 3.64. The number of piperidine rings is 1. The molecule has 196 valence electrons. The van der Waals surface area contributed by atoms with E-state index in [4.69, 9.17) is 19.7 Å². The van der Waals surface area contributed by atoms with Gasteiger partial charge in [0.2, 0.25) is 5.95 Å². The van der Waals surface area contributed by atoms with Crippen LogP contribution in [0.2, 0.25) is 0 Å². The molecule has 2 aliphatic heterocycles. The van der Waals surface area contributed by atoms with E-state index in [9.17, 15) is 9.90 Å². The predicted molar refractivity (Wildman–Crippen MR) is 141 cm³/mol. The van der Waals surface area contributed by atoms with Crippen molar-refractivity contribution >= 4 is 34.5 Å². The summed E-state index contributed by atoms with van der Waals surface area (Å²) in [4.78, 5) is 31.5. The van der Waals surface area contributed by atoms with Crippen LogP contribution < -0.4 is 10.2 Å². The van der Waals surface area contributed by atoms with E-state index >= 15 is 0 Å². The molecule has 0 spiro atoms. The van der Waals surface area contributed by atoms with Crippen molar-refractivity contribution in [1.82, 2.24) is 24.4 Å². The molecule has 6 rings (SSSR count). The van der Waals surface area contributed by atoms with Crippen LogP contribution in [-0.2, 0) is 4.74 Å². The number of carbonyl (C=O) groups excluding carboxylic acids is 1. The number of amides is 1. The molecule has 10 nitrogen and oxygen atoms in total. The minimum atomic E-state index is 0.0207. The van der Waals surface area contributed by atoms with Crippen molar-refractivity contribution in [3.05, 3.63) is 36.2 Å². The number of hydrogen-bond acceptors (Lipinski definition) is 8. The fourth-order valence-corrected chi connectivity index (χ4v) is 5.81. The zero-order valence-electron chi connectivity index (χ0n) is 21.2. The second-order valence-electron chi connectivity index (χ2n) is 10.3. The smallest absolute Gasteiger partial charge is 0.254 e. The third kappa shape index (κ3) is 4.87. The van der Waals surface area contributed by atoms with Crippen molar-refractivity contribution in [1.29, 1.82) is 0 Å². The number of carbonyl (C=O) groups is 1. The van der Waals surface area contributed by atoms with Crippen LogP contribution in [0.25, 0.3) is 11.2 Å². The van der Waals surface area contributed by atoms with Gasteiger partial charge in [0, 0.05) is 36.9 Å². The number of aromatic nitrogens is 4. The van der Waals surface area contributed by atoms with Crippen LogP contribution in [0.5, 0.6) is 0 Å². The summed E-state index contributed by atoms with van der Waals surface area (Å²) in [6, 6.07) is 7.94. The molecule has 4 heterocycles. The second kappa shape index (κ2) is 10.6. The molecule has 1 unspecified atom stereocenters. The molecule has 3 aromatic rings. The number of imidazole rings is 1. The maximum absolute atomic E-state index is 12.8. The lowest BCUT2D eigenvalue weighted by Gasteiger charge is -2.34. The summed E-state index contributed by atoms with van der Waals surface area (Å²) in [7, 11) is 0. The summed E-state index contributed by atoms with van der Waals surface area (Å²) in [5.41, 5.74) is 3.06. The molecule has 1 saturated carbocycles. The van der Waals surface area contributed by atoms with Gasteiger partial charge >= 0.3 is 0 Å². The Morgan fingerprint density at radius 3 is 2.51 bits per heavy atom. The molecule has 10 heteroatoms. The fourth-order valence-electron chi connectivity index (χ4n) is 5.81. The quantitative estimate of drug-likeness (QED) is 0.524. The number of morpholine rings is 1. The molecule has 0 bridgehead atoms. The van der Waals surface area contributed by atoms with E-state index < -0.39 is 0 Å². The number of ether oxygens (including phenoxy) is 1. The van der Waals surface area contributed by atoms with Crippen molar-refractivity contribution < 1.29 is 14.6 Å². The van der Waals surface area contributed by atoms with Crippen LogP contribution in [0.1, 0.15) is 61.3 Å². The Kier molecular flexibility index (Phi) is 6.93. The summed E-state index contributed by atoms with van der Waals surface area (Å²) in [5.74, 6) is 1.30. The number of rotatable bonds is 6. The SMILES string of the molecule is O=C(c1ccc(Nc2nc(N3CCCCC3CO)nc3c2ncn3C2CCCC2)cc1)N1CCOCC1. The molecule has 2 N–H and O–H groups in total. The average molecular weight is 506 g/mol. The molecule has 3 aliphatic rings. The van der Waals surface area contributed by atoms with Gasteiger partial charge in [-0.25, -0.2) is 4.98 Å². The summed E-state index contributed by atoms with van der Waals surface area (Å²) in [6.45, 7) is 3.32. The lowest BCUT2D eigenvalue weighted by molar-refractivity contribution is 0.0303. The van der Waals surface area contributed by atoms with E-state index in [2.05, 4.69) is 14.8 Å². The van der Waals surface area contributed by atoms with Gasteiger partial charge in [-0.2, -0.15) is 9.97 Å². The monoisotopic (exact) mass is 505 g/mol. The number of nitrogens with one attached hydrogen (secondary N) is 1. The molecule has 3 fully saturated rings. The van der Waals surface area contributed by atoms with Crippen LogP contribution in [0, 0.1) is 0 Å². The number of aliphatic hydroxyl groups is 1. The van der Waals surface area contributed by atoms with E-state index in [0.29, 0.717) is 49.7 Å². The summed E-state index contributed by atoms with van der Waals surface area (Å²) in [5, 5.41) is 13.5. The summed E-state index contributed by atoms with van der Waals surface area (Å²) < 4.78 is 7.58. The Balaban J connectivity index is 1.32. The highest BCUT2D eigenvalue weighted by Gasteiger charge is 2.28. The molecular weight excluding hydrogens is 470 g/mol. The molecule has 1 aliphatic carbocycles. The molecular formula is C27H35N7O3. The maximum Gasteiger partial charge on any atom is 0.254 e. The fraction of sp³-hybridized carbons (Fsp3) is 0.556. The van der Waals surface area contributed by atoms with E-state index in [0.717, 1.165) is 55.5 Å². The normalized spacial score (nSPS) is 21.1. The number of hydrogen-bond donors (Lipinski definition) is 2. The van der Waals surface area contributed by atoms with Crippen LogP contribution in [0.3, 0.4) is 0 Å². The van der Waals surface area contributed by atoms with E-state index in [1.54, 1.807) is 0 Å². The number of benzene rings is 1. The van der Waals surface area contributed by atoms with Crippen molar-refractivity contribution in [2.75, 3.05) is 49.7 Å². The highest BCUT2D eigenvalue weighted by atomic mass is 16.5. The summed E-state index contributed by atoms with van der Waals surface area (Å²) in [6.07, 6.45) is 9.70. The van der Waals surface area contributed by atoms with Crippen LogP contribution in [0.15, 0.2) is 30.6 Å². The Hall–Kier alpha value is -3.24. The summed E-state index contributed by atoms with van der Waals surface area (Å²) >= 11 is 0. The van der Waals surface area contributed by atoms with Crippen LogP contribution in [0.4, 0.5) is 17.5 Å². The van der Waals surface area contributed by atoms with Crippen molar-refractivity contribution in [3.63, 3.8) is 0 Å². The lowest BCUT2D eigenvalue weighted by atomic mass is 10.0. The first kappa shape index (κ1) is 24.1. The van der Waals surface area contributed by atoms with Gasteiger partial charge < -0.3 is 29.5 Å². The lowest BCUT2D eigenvalue weighted by Crippen LogP contribution is -2.43. The van der Waals surface area contributed by atoms with Gasteiger partial charge in [0.1, 0.15) is 0 Å². The van der Waals surface area contributed by atoms with Gasteiger partial charge in [0.15, 0.2) is 17.0 Å². The van der Waals surface area contributed by atoms with E-state index in [1.165, 1.54) is 12.8 Å². The molecule has 2 saturated heterocycles. The predicted octanol–water partition coefficient (Wildman–Crippen LogP) is 3.51. The van der Waals surface area contributed by atoms with Crippen molar-refractivity contribution in [2.45, 2.75) is 57.0 Å². The molecule has 37 heavy (non-hydrogen) atoms. The first-order valence-electron chi connectivity index (χ1n) is 13.6. The Morgan fingerprint density at radius 1 is 1.00 bits per heavy atom. The highest BCUT2D eigenvalue weighted by molar-refractivity contribution is 5.95. The van der Waals surface area contributed by atoms with Gasteiger partial charge in [-0.1, -0.05) is 12.8 Å². The highest BCUT2D eigenvalue weighted by Crippen LogP contribution is 2.35. The molecule has 1 amide bonds. The van der Waals surface area contributed by atoms with E-state index in [1.807, 2.05) is 35.5 Å². The topological polar surface area (TPSA) is 109 Å². The number of anilines is 3. The molecule has 0 radical (unpaired) electrons. The van der Waals surface area contributed by atoms with Gasteiger partial charge in [0.25, 0.3) is 5.91 Å². The molecule has 1 atom stereocenters. The zero-order valence-corrected chi connectivity index (χ0v) is 21.2. The standard InChI is InChI=1S/C27H35N7O3/c35-17-22-7-3-4-12-33(22)27-30-24(23-25(31-27)34(18-28-23)21-5-1-2-6-21)29-20-10-8-19(9-11-20)26(36)32-13-15-37-16-14-32/h8-11,18,21-22,35H,1-7,12-17H2,(H,29,30,31). The Morgan fingerprint density at radius 2 is 1.76 bits per heavy atom. The van der Waals surface area contributed by atoms with E-state index in [-0.39, 0.29) is 18.6 Å². The minimum Gasteiger partial charge on any atom is -0.394 e. The van der Waals surface area contributed by atoms with Crippen LogP contribution >= 0.6 is 0 Å². The number of fused-ring (bicyclic) bond motifs is 1. The Bertz CT molecular complexity index is 1230. The largest absolute Gasteiger partial charge is 0.394 e. The van der Waals surface area contributed by atoms with Gasteiger partial charge in [-0.3, -0.25) is 4.79 Å². The zero-order chi connectivity index (χ0) is 25.2. The first-order chi connectivity index (χ1) is 18.2. The number of aliphatic hydroxyl groups excluding tert-OH is 1. The van der Waals surface area contributed by atoms with Crippen molar-refractivity contribution in [3.8, 4) is 0 Å². The minimum absolute atomic E-state index is 0.0207. The Labute approximate surface area is 216 Å². The van der Waals surface area contributed by atoms with Gasteiger partial charge in [-0.15, -0.1) is 0 Å². The third-order valence-electron chi connectivity index (χ3n) is 7.92. The maximum atomic E-state index is 12.8. The second-order valence-corrected chi connectivity index (χ2v) is 10.3. The van der Waals surface area contributed by atoms with Crippen LogP contribution in [-0.4, -0.2) is 80.9 Å². The van der Waals surface area contributed by atoms with Gasteiger partial charge in [-0.05, 0) is 56.4 Å².